The first kappa shape index (κ1) is 21.7. The molecule has 2 aromatic carbocycles. The average molecular weight is 400 g/mol. The summed E-state index contributed by atoms with van der Waals surface area (Å²) in [5.41, 5.74) is 1.33. The van der Waals surface area contributed by atoms with Crippen LogP contribution in [0.5, 0.6) is 11.5 Å². The molecule has 2 amide bonds. The van der Waals surface area contributed by atoms with Gasteiger partial charge in [-0.15, -0.1) is 0 Å². The molecule has 29 heavy (non-hydrogen) atoms. The van der Waals surface area contributed by atoms with Crippen molar-refractivity contribution in [1.82, 2.24) is 5.32 Å². The van der Waals surface area contributed by atoms with Gasteiger partial charge in [0.25, 0.3) is 5.91 Å². The molecule has 8 nitrogen and oxygen atoms in total. The number of rotatable bonds is 9. The van der Waals surface area contributed by atoms with Gasteiger partial charge < -0.3 is 24.8 Å². The van der Waals surface area contributed by atoms with Gasteiger partial charge in [-0.25, -0.2) is 4.79 Å². The molecular weight excluding hydrogens is 376 g/mol. The van der Waals surface area contributed by atoms with Crippen LogP contribution in [0.4, 0.5) is 5.69 Å². The normalized spacial score (nSPS) is 10.0. The summed E-state index contributed by atoms with van der Waals surface area (Å²) in [5.74, 6) is -0.0227. The molecule has 0 saturated carbocycles. The van der Waals surface area contributed by atoms with E-state index in [1.165, 1.54) is 14.2 Å². The molecule has 0 saturated heterocycles. The number of benzene rings is 2. The van der Waals surface area contributed by atoms with Gasteiger partial charge in [0.1, 0.15) is 11.5 Å². The van der Waals surface area contributed by atoms with Gasteiger partial charge in [-0.1, -0.05) is 0 Å². The molecule has 0 aliphatic rings. The first-order chi connectivity index (χ1) is 14.0. The highest BCUT2D eigenvalue weighted by molar-refractivity contribution is 5.96. The number of anilines is 1. The third-order valence-electron chi connectivity index (χ3n) is 3.93. The Bertz CT molecular complexity index is 842. The van der Waals surface area contributed by atoms with E-state index < -0.39 is 5.97 Å². The fourth-order valence-electron chi connectivity index (χ4n) is 2.46. The number of carbonyl (C=O) groups is 3. The van der Waals surface area contributed by atoms with Crippen molar-refractivity contribution in [3.8, 4) is 11.5 Å². The van der Waals surface area contributed by atoms with Crippen molar-refractivity contribution in [2.45, 2.75) is 13.3 Å². The van der Waals surface area contributed by atoms with Crippen LogP contribution in [0.2, 0.25) is 0 Å². The Morgan fingerprint density at radius 1 is 0.897 bits per heavy atom. The third kappa shape index (κ3) is 6.53. The Balaban J connectivity index is 1.84. The van der Waals surface area contributed by atoms with Crippen LogP contribution in [-0.2, 0) is 9.53 Å². The molecule has 2 rings (SSSR count). The van der Waals surface area contributed by atoms with Crippen LogP contribution < -0.4 is 20.1 Å². The number of hydrogen-bond donors (Lipinski definition) is 2. The molecule has 0 aromatic heterocycles. The van der Waals surface area contributed by atoms with E-state index in [2.05, 4.69) is 10.6 Å². The van der Waals surface area contributed by atoms with E-state index in [0.29, 0.717) is 34.9 Å². The van der Waals surface area contributed by atoms with Gasteiger partial charge >= 0.3 is 5.97 Å². The molecule has 2 aromatic rings. The number of hydrogen-bond acceptors (Lipinski definition) is 6. The van der Waals surface area contributed by atoms with Crippen molar-refractivity contribution >= 4 is 23.5 Å². The maximum Gasteiger partial charge on any atom is 0.338 e. The second-order valence-corrected chi connectivity index (χ2v) is 5.95. The quantitative estimate of drug-likeness (QED) is 0.628. The maximum atomic E-state index is 12.3. The van der Waals surface area contributed by atoms with Crippen molar-refractivity contribution in [2.24, 2.45) is 0 Å². The summed E-state index contributed by atoms with van der Waals surface area (Å²) < 4.78 is 15.2. The topological polar surface area (TPSA) is 103 Å². The van der Waals surface area contributed by atoms with Crippen LogP contribution >= 0.6 is 0 Å². The van der Waals surface area contributed by atoms with Gasteiger partial charge in [0.2, 0.25) is 5.91 Å². The summed E-state index contributed by atoms with van der Waals surface area (Å²) in [6, 6.07) is 11.2. The lowest BCUT2D eigenvalue weighted by molar-refractivity contribution is -0.116. The van der Waals surface area contributed by atoms with Crippen LogP contribution in [-0.4, -0.2) is 45.2 Å². The molecule has 0 unspecified atom stereocenters. The van der Waals surface area contributed by atoms with E-state index in [-0.39, 0.29) is 24.8 Å². The highest BCUT2D eigenvalue weighted by Crippen LogP contribution is 2.22. The fourth-order valence-corrected chi connectivity index (χ4v) is 2.46. The number of ether oxygens (including phenoxy) is 3. The fraction of sp³-hybridized carbons (Fsp3) is 0.286. The van der Waals surface area contributed by atoms with Crippen LogP contribution in [0.25, 0.3) is 0 Å². The number of nitrogens with one attached hydrogen (secondary N) is 2. The summed E-state index contributed by atoms with van der Waals surface area (Å²) in [4.78, 5) is 36.0. The average Bonchev–Trinajstić information content (AvgIpc) is 2.73. The van der Waals surface area contributed by atoms with Crippen molar-refractivity contribution in [2.75, 3.05) is 32.7 Å². The second-order valence-electron chi connectivity index (χ2n) is 5.95. The predicted octanol–water partition coefficient (Wildman–Crippen LogP) is 2.64. The van der Waals surface area contributed by atoms with E-state index in [1.807, 2.05) is 0 Å². The molecule has 154 valence electrons. The lowest BCUT2D eigenvalue weighted by Gasteiger charge is -2.10. The monoisotopic (exact) mass is 400 g/mol. The van der Waals surface area contributed by atoms with Crippen molar-refractivity contribution < 1.29 is 28.6 Å². The molecule has 0 fully saturated rings. The summed E-state index contributed by atoms with van der Waals surface area (Å²) in [7, 11) is 3.00. The SMILES string of the molecule is CCOC(=O)c1ccc(NC(=O)CCNC(=O)c2cc(OC)cc(OC)c2)cc1. The highest BCUT2D eigenvalue weighted by Gasteiger charge is 2.11. The summed E-state index contributed by atoms with van der Waals surface area (Å²) in [6.45, 7) is 2.19. The predicted molar refractivity (Wildman–Crippen MR) is 108 cm³/mol. The van der Waals surface area contributed by atoms with E-state index in [1.54, 1.807) is 49.4 Å². The largest absolute Gasteiger partial charge is 0.497 e. The molecule has 0 aliphatic heterocycles. The summed E-state index contributed by atoms with van der Waals surface area (Å²) in [6.07, 6.45) is 0.0898. The Kier molecular flexibility index (Phi) is 8.02. The second kappa shape index (κ2) is 10.7. The Morgan fingerprint density at radius 2 is 1.52 bits per heavy atom. The lowest BCUT2D eigenvalue weighted by atomic mass is 10.2. The zero-order valence-corrected chi connectivity index (χ0v) is 16.6. The molecule has 0 heterocycles. The van der Waals surface area contributed by atoms with Gasteiger partial charge in [-0.2, -0.15) is 0 Å². The zero-order valence-electron chi connectivity index (χ0n) is 16.6. The van der Waals surface area contributed by atoms with Crippen molar-refractivity contribution in [3.63, 3.8) is 0 Å². The first-order valence-electron chi connectivity index (χ1n) is 9.05. The molecule has 2 N–H and O–H groups in total. The maximum absolute atomic E-state index is 12.3. The van der Waals surface area contributed by atoms with Gasteiger partial charge in [-0.3, -0.25) is 9.59 Å². The number of methoxy groups -OCH3 is 2. The molecule has 0 atom stereocenters. The molecule has 0 bridgehead atoms. The van der Waals surface area contributed by atoms with Crippen LogP contribution in [0.1, 0.15) is 34.1 Å². The minimum Gasteiger partial charge on any atom is -0.497 e. The van der Waals surface area contributed by atoms with E-state index >= 15 is 0 Å². The van der Waals surface area contributed by atoms with E-state index in [0.717, 1.165) is 0 Å². The van der Waals surface area contributed by atoms with Crippen LogP contribution in [0.3, 0.4) is 0 Å². The van der Waals surface area contributed by atoms with Crippen LogP contribution in [0.15, 0.2) is 42.5 Å². The smallest absolute Gasteiger partial charge is 0.338 e. The summed E-state index contributed by atoms with van der Waals surface area (Å²) in [5, 5.41) is 5.39. The molecular formula is C21H24N2O6. The first-order valence-corrected chi connectivity index (χ1v) is 9.05. The van der Waals surface area contributed by atoms with Gasteiger partial charge in [0.15, 0.2) is 0 Å². The lowest BCUT2D eigenvalue weighted by Crippen LogP contribution is -2.27. The van der Waals surface area contributed by atoms with Gasteiger partial charge in [0, 0.05) is 30.3 Å². The molecule has 8 heteroatoms. The highest BCUT2D eigenvalue weighted by atomic mass is 16.5. The standard InChI is InChI=1S/C21H24N2O6/c1-4-29-21(26)14-5-7-16(8-6-14)23-19(24)9-10-22-20(25)15-11-17(27-2)13-18(12-15)28-3/h5-8,11-13H,4,9-10H2,1-3H3,(H,22,25)(H,23,24). The number of carbonyl (C=O) groups excluding carboxylic acids is 3. The Labute approximate surface area is 169 Å². The Morgan fingerprint density at radius 3 is 2.07 bits per heavy atom. The Hall–Kier alpha value is -3.55. The zero-order chi connectivity index (χ0) is 21.2. The summed E-state index contributed by atoms with van der Waals surface area (Å²) >= 11 is 0. The van der Waals surface area contributed by atoms with E-state index in [9.17, 15) is 14.4 Å². The van der Waals surface area contributed by atoms with Crippen LogP contribution in [0, 0.1) is 0 Å². The van der Waals surface area contributed by atoms with Gasteiger partial charge in [-0.05, 0) is 43.3 Å². The number of esters is 1. The molecule has 0 aliphatic carbocycles. The minimum absolute atomic E-state index is 0.0898. The van der Waals surface area contributed by atoms with Crippen molar-refractivity contribution in [3.05, 3.63) is 53.6 Å². The van der Waals surface area contributed by atoms with Crippen molar-refractivity contribution in [1.29, 1.82) is 0 Å². The minimum atomic E-state index is -0.415. The number of amides is 2. The molecule has 0 radical (unpaired) electrons. The van der Waals surface area contributed by atoms with Gasteiger partial charge in [0.05, 0.1) is 26.4 Å². The molecule has 0 spiro atoms. The van der Waals surface area contributed by atoms with E-state index in [4.69, 9.17) is 14.2 Å². The third-order valence-corrected chi connectivity index (χ3v) is 3.93.